The molecule has 0 amide bonds. The monoisotopic (exact) mass is 362 g/mol. The summed E-state index contributed by atoms with van der Waals surface area (Å²) in [6.45, 7) is 1.05. The number of pyridine rings is 1. The Bertz CT molecular complexity index is 1050. The third-order valence-corrected chi connectivity index (χ3v) is 5.59. The number of rotatable bonds is 5. The number of fused-ring (bicyclic) bond motifs is 3. The molecule has 132 valence electrons. The van der Waals surface area contributed by atoms with E-state index in [-0.39, 0.29) is 0 Å². The first kappa shape index (κ1) is 17.0. The van der Waals surface area contributed by atoms with Gasteiger partial charge in [-0.2, -0.15) is 0 Å². The summed E-state index contributed by atoms with van der Waals surface area (Å²) in [5.41, 5.74) is 4.64. The third-order valence-electron chi connectivity index (χ3n) is 4.74. The molecule has 0 saturated carbocycles. The molecule has 0 atom stereocenters. The first-order valence-electron chi connectivity index (χ1n) is 8.74. The predicted molar refractivity (Wildman–Crippen MR) is 111 cm³/mol. The van der Waals surface area contributed by atoms with E-state index in [2.05, 4.69) is 59.7 Å². The summed E-state index contributed by atoms with van der Waals surface area (Å²) in [5.74, 6) is 0.888. The Kier molecular flexibility index (Phi) is 4.62. The fraction of sp³-hybridized carbons (Fsp3) is 0.227. The van der Waals surface area contributed by atoms with Gasteiger partial charge in [0, 0.05) is 29.1 Å². The fourth-order valence-corrected chi connectivity index (χ4v) is 4.12. The van der Waals surface area contributed by atoms with Crippen molar-refractivity contribution >= 4 is 32.3 Å². The largest absolute Gasteiger partial charge is 0.496 e. The quantitative estimate of drug-likeness (QED) is 0.486. The van der Waals surface area contributed by atoms with Gasteiger partial charge in [0.05, 0.1) is 17.3 Å². The van der Waals surface area contributed by atoms with E-state index in [0.29, 0.717) is 0 Å². The van der Waals surface area contributed by atoms with Crippen LogP contribution < -0.4 is 4.74 Å². The molecule has 0 N–H and O–H groups in total. The molecule has 2 aromatic carbocycles. The van der Waals surface area contributed by atoms with Gasteiger partial charge in [0.15, 0.2) is 0 Å². The zero-order chi connectivity index (χ0) is 18.1. The maximum atomic E-state index is 5.71. The van der Waals surface area contributed by atoms with E-state index in [1.54, 1.807) is 18.4 Å². The van der Waals surface area contributed by atoms with Gasteiger partial charge in [-0.25, -0.2) is 0 Å². The summed E-state index contributed by atoms with van der Waals surface area (Å²) < 4.78 is 6.91. The molecule has 0 bridgehead atoms. The van der Waals surface area contributed by atoms with Gasteiger partial charge < -0.3 is 9.64 Å². The summed E-state index contributed by atoms with van der Waals surface area (Å²) in [6.07, 6.45) is 3.01. The van der Waals surface area contributed by atoms with Gasteiger partial charge in [0.1, 0.15) is 5.75 Å². The highest BCUT2D eigenvalue weighted by Gasteiger charge is 2.15. The molecule has 0 radical (unpaired) electrons. The lowest BCUT2D eigenvalue weighted by Crippen LogP contribution is -2.14. The maximum Gasteiger partial charge on any atom is 0.127 e. The van der Waals surface area contributed by atoms with Gasteiger partial charge in [-0.3, -0.25) is 4.98 Å². The Hall–Kier alpha value is -2.43. The van der Waals surface area contributed by atoms with Crippen LogP contribution in [0.5, 0.6) is 5.75 Å². The highest BCUT2D eigenvalue weighted by atomic mass is 32.1. The second kappa shape index (κ2) is 7.06. The Morgan fingerprint density at radius 1 is 1.04 bits per heavy atom. The zero-order valence-electron chi connectivity index (χ0n) is 15.3. The second-order valence-corrected chi connectivity index (χ2v) is 7.69. The van der Waals surface area contributed by atoms with Crippen molar-refractivity contribution in [2.75, 3.05) is 27.7 Å². The minimum Gasteiger partial charge on any atom is -0.496 e. The van der Waals surface area contributed by atoms with Crippen LogP contribution in [0.4, 0.5) is 0 Å². The van der Waals surface area contributed by atoms with E-state index in [1.165, 1.54) is 26.6 Å². The number of benzene rings is 2. The van der Waals surface area contributed by atoms with Crippen molar-refractivity contribution in [2.24, 2.45) is 0 Å². The molecule has 2 heterocycles. The van der Waals surface area contributed by atoms with Crippen LogP contribution in [0, 0.1) is 0 Å². The van der Waals surface area contributed by atoms with Crippen LogP contribution in [0.25, 0.3) is 32.1 Å². The molecule has 4 heteroatoms. The predicted octanol–water partition coefficient (Wildman–Crippen LogP) is 5.23. The second-order valence-electron chi connectivity index (χ2n) is 6.74. The molecule has 26 heavy (non-hydrogen) atoms. The Balaban J connectivity index is 1.88. The minimum absolute atomic E-state index is 0.888. The van der Waals surface area contributed by atoms with Crippen molar-refractivity contribution in [2.45, 2.75) is 6.42 Å². The Morgan fingerprint density at radius 2 is 1.85 bits per heavy atom. The summed E-state index contributed by atoms with van der Waals surface area (Å²) >= 11 is 1.72. The number of likely N-dealkylation sites (N-methyl/N-ethyl adjacent to an activating group) is 1. The Morgan fingerprint density at radius 3 is 2.58 bits per heavy atom. The van der Waals surface area contributed by atoms with Gasteiger partial charge in [-0.05, 0) is 55.2 Å². The van der Waals surface area contributed by atoms with Crippen LogP contribution in [0.2, 0.25) is 0 Å². The van der Waals surface area contributed by atoms with Crippen LogP contribution in [-0.2, 0) is 6.42 Å². The van der Waals surface area contributed by atoms with E-state index in [9.17, 15) is 0 Å². The number of methoxy groups -OCH3 is 1. The van der Waals surface area contributed by atoms with Crippen LogP contribution in [-0.4, -0.2) is 37.6 Å². The number of aromatic nitrogens is 1. The molecule has 4 rings (SSSR count). The summed E-state index contributed by atoms with van der Waals surface area (Å²) in [4.78, 5) is 6.87. The molecule has 4 aromatic rings. The van der Waals surface area contributed by atoms with E-state index in [0.717, 1.165) is 29.8 Å². The number of hydrogen-bond acceptors (Lipinski definition) is 4. The van der Waals surface area contributed by atoms with Crippen LogP contribution in [0.15, 0.2) is 54.0 Å². The van der Waals surface area contributed by atoms with Crippen molar-refractivity contribution in [3.63, 3.8) is 0 Å². The van der Waals surface area contributed by atoms with Crippen LogP contribution in [0.3, 0.4) is 0 Å². The third kappa shape index (κ3) is 3.06. The topological polar surface area (TPSA) is 25.4 Å². The van der Waals surface area contributed by atoms with E-state index >= 15 is 0 Å². The molecule has 3 nitrogen and oxygen atoms in total. The van der Waals surface area contributed by atoms with E-state index in [1.807, 2.05) is 18.3 Å². The lowest BCUT2D eigenvalue weighted by atomic mass is 9.96. The molecule has 0 aliphatic carbocycles. The smallest absolute Gasteiger partial charge is 0.127 e. The molecule has 0 unspecified atom stereocenters. The highest BCUT2D eigenvalue weighted by Crippen LogP contribution is 2.40. The standard InChI is InChI=1S/C22H22N2OS/c1-24(2)12-10-15-4-6-16(7-5-15)21-19(25-3)9-8-18-22(21)17-11-13-26-20(17)14-23-18/h4-9,11,13-14H,10,12H2,1-3H3. The fourth-order valence-electron chi connectivity index (χ4n) is 3.36. The first-order chi connectivity index (χ1) is 12.7. The van der Waals surface area contributed by atoms with Gasteiger partial charge in [0.25, 0.3) is 0 Å². The van der Waals surface area contributed by atoms with Crippen molar-refractivity contribution in [1.82, 2.24) is 9.88 Å². The lowest BCUT2D eigenvalue weighted by molar-refractivity contribution is 0.413. The van der Waals surface area contributed by atoms with Gasteiger partial charge >= 0.3 is 0 Å². The molecule has 0 fully saturated rings. The van der Waals surface area contributed by atoms with E-state index in [4.69, 9.17) is 4.74 Å². The Labute approximate surface area is 157 Å². The molecule has 0 aliphatic rings. The molecular formula is C22H22N2OS. The minimum atomic E-state index is 0.888. The van der Waals surface area contributed by atoms with Crippen LogP contribution in [0.1, 0.15) is 5.56 Å². The zero-order valence-corrected chi connectivity index (χ0v) is 16.1. The summed E-state index contributed by atoms with van der Waals surface area (Å²) in [6, 6.07) is 15.1. The molecule has 0 spiro atoms. The molecule has 0 saturated heterocycles. The normalized spacial score (nSPS) is 11.5. The number of thiophene rings is 1. The van der Waals surface area contributed by atoms with Gasteiger partial charge in [-0.1, -0.05) is 24.3 Å². The summed E-state index contributed by atoms with van der Waals surface area (Å²) in [5, 5.41) is 4.54. The molecule has 0 aliphatic heterocycles. The summed E-state index contributed by atoms with van der Waals surface area (Å²) in [7, 11) is 5.94. The highest BCUT2D eigenvalue weighted by molar-refractivity contribution is 7.17. The van der Waals surface area contributed by atoms with Gasteiger partial charge in [-0.15, -0.1) is 11.3 Å². The molecular weight excluding hydrogens is 340 g/mol. The van der Waals surface area contributed by atoms with Gasteiger partial charge in [0.2, 0.25) is 0 Å². The van der Waals surface area contributed by atoms with Crippen molar-refractivity contribution in [3.8, 4) is 16.9 Å². The van der Waals surface area contributed by atoms with Crippen molar-refractivity contribution in [1.29, 1.82) is 0 Å². The number of hydrogen-bond donors (Lipinski definition) is 0. The SMILES string of the molecule is COc1ccc2ncc3sccc3c2c1-c1ccc(CCN(C)C)cc1. The van der Waals surface area contributed by atoms with Crippen molar-refractivity contribution < 1.29 is 4.74 Å². The van der Waals surface area contributed by atoms with Crippen molar-refractivity contribution in [3.05, 3.63) is 59.6 Å². The number of nitrogens with zero attached hydrogens (tertiary/aromatic N) is 2. The lowest BCUT2D eigenvalue weighted by Gasteiger charge is -2.14. The maximum absolute atomic E-state index is 5.71. The average Bonchev–Trinajstić information content (AvgIpc) is 3.15. The van der Waals surface area contributed by atoms with Crippen LogP contribution >= 0.6 is 11.3 Å². The van der Waals surface area contributed by atoms with E-state index < -0.39 is 0 Å². The molecule has 2 aromatic heterocycles. The first-order valence-corrected chi connectivity index (χ1v) is 9.62. The number of ether oxygens (including phenoxy) is 1. The average molecular weight is 362 g/mol.